The van der Waals surface area contributed by atoms with Crippen molar-refractivity contribution in [3.05, 3.63) is 197 Å². The molecular formula is C70H61B2N3O. The van der Waals surface area contributed by atoms with Gasteiger partial charge in [-0.15, -0.1) is 0 Å². The van der Waals surface area contributed by atoms with Crippen molar-refractivity contribution in [1.82, 2.24) is 4.57 Å². The number of carbonyl (C=O) groups excluding carboxylic acids is 1. The van der Waals surface area contributed by atoms with E-state index >= 15 is 4.79 Å². The quantitative estimate of drug-likeness (QED) is 0.162. The summed E-state index contributed by atoms with van der Waals surface area (Å²) < 4.78 is 2.42. The Labute approximate surface area is 447 Å². The van der Waals surface area contributed by atoms with Crippen molar-refractivity contribution in [1.29, 1.82) is 0 Å². The lowest BCUT2D eigenvalue weighted by Crippen LogP contribution is -2.66. The summed E-state index contributed by atoms with van der Waals surface area (Å²) in [6, 6.07) is 60.9. The fraction of sp³-hybridized carbons (Fsp3) is 0.243. The molecule has 16 rings (SSSR count). The van der Waals surface area contributed by atoms with Crippen LogP contribution in [-0.2, 0) is 27.1 Å². The molecule has 0 radical (unpaired) electrons. The number of benzene rings is 9. The summed E-state index contributed by atoms with van der Waals surface area (Å²) in [5, 5.41) is 4.90. The van der Waals surface area contributed by atoms with Crippen LogP contribution < -0.4 is 42.6 Å². The zero-order chi connectivity index (χ0) is 51.9. The van der Waals surface area contributed by atoms with Gasteiger partial charge in [0.1, 0.15) is 0 Å². The van der Waals surface area contributed by atoms with Crippen LogP contribution in [0, 0.1) is 0 Å². The number of fused-ring (bicyclic) bond motifs is 18. The topological polar surface area (TPSA) is 28.5 Å². The third kappa shape index (κ3) is 5.27. The number of rotatable bonds is 3. The Morgan fingerprint density at radius 3 is 1.50 bits per heavy atom. The summed E-state index contributed by atoms with van der Waals surface area (Å²) >= 11 is 0. The molecule has 4 nitrogen and oxygen atoms in total. The second-order valence-corrected chi connectivity index (χ2v) is 26.5. The molecule has 3 aliphatic heterocycles. The Bertz CT molecular complexity index is 4280. The lowest BCUT2D eigenvalue weighted by molar-refractivity contribution is 0.255. The number of amides is 2. The zero-order valence-corrected chi connectivity index (χ0v) is 45.4. The van der Waals surface area contributed by atoms with Gasteiger partial charge in [0.2, 0.25) is 13.4 Å². The SMILES string of the molecule is CC1(C)CC(C)(C)c2c1c1c3c4c5c(c6c(c24)C(C)(C)CC6(C)C)B(c2ccccc2)c2ccc4c(c2N5C(=O)N3c2c(ccc3c2-c2ccccc2C3(C)C)B1c1ccccc1)c1ccccc1n4-c1ccccc1. The van der Waals surface area contributed by atoms with E-state index in [1.165, 1.54) is 88.1 Å². The standard InChI is InChI=1S/C70H61B2N3O/c1-66(2)38-68(5,6)57-55(66)53-54-63-59(57)71(40-24-14-11-15-25-40)47-35-34-46-51(43-30-20-22-32-45(43)70(46,9)10)61(47)74(63)65(76)75-62-48(36-37-50-52(62)44-31-21-23-33-49(44)73(50)42-28-18-13-19-29-42)72(41-26-16-12-17-27-41)60(64(54)75)58-56(53)67(3,4)39-69(58,7)8/h11-37H,38-39H2,1-10H3. The molecule has 0 bridgehead atoms. The van der Waals surface area contributed by atoms with Crippen LogP contribution >= 0.6 is 0 Å². The Kier molecular flexibility index (Phi) is 8.39. The molecule has 0 saturated heterocycles. The van der Waals surface area contributed by atoms with Crippen LogP contribution in [0.25, 0.3) is 49.4 Å². The molecule has 368 valence electrons. The van der Waals surface area contributed by atoms with Crippen LogP contribution in [0.15, 0.2) is 164 Å². The first-order chi connectivity index (χ1) is 36.4. The average molecular weight is 982 g/mol. The zero-order valence-electron chi connectivity index (χ0n) is 45.4. The maximum Gasteiger partial charge on any atom is 0.338 e. The normalized spacial score (nSPS) is 18.7. The molecule has 0 unspecified atom stereocenters. The molecule has 0 saturated carbocycles. The number of carbonyl (C=O) groups is 1. The molecule has 0 N–H and O–H groups in total. The van der Waals surface area contributed by atoms with E-state index in [2.05, 4.69) is 247 Å². The molecule has 9 aromatic carbocycles. The number of urea groups is 1. The predicted molar refractivity (Wildman–Crippen MR) is 322 cm³/mol. The molecular weight excluding hydrogens is 920 g/mol. The number of para-hydroxylation sites is 2. The van der Waals surface area contributed by atoms with E-state index in [-0.39, 0.29) is 46.5 Å². The van der Waals surface area contributed by atoms with Gasteiger partial charge in [0, 0.05) is 32.8 Å². The van der Waals surface area contributed by atoms with Gasteiger partial charge in [-0.3, -0.25) is 9.80 Å². The minimum atomic E-state index is -0.283. The monoisotopic (exact) mass is 982 g/mol. The van der Waals surface area contributed by atoms with Gasteiger partial charge in [-0.25, -0.2) is 4.79 Å². The highest BCUT2D eigenvalue weighted by Crippen LogP contribution is 2.64. The minimum absolute atomic E-state index is 0.00137. The van der Waals surface area contributed by atoms with E-state index < -0.39 is 0 Å². The van der Waals surface area contributed by atoms with Gasteiger partial charge < -0.3 is 4.57 Å². The maximum absolute atomic E-state index is 17.9. The molecule has 6 aliphatic rings. The van der Waals surface area contributed by atoms with E-state index in [1.807, 2.05) is 0 Å². The van der Waals surface area contributed by atoms with E-state index in [4.69, 9.17) is 0 Å². The van der Waals surface area contributed by atoms with Gasteiger partial charge in [0.05, 0.1) is 33.8 Å². The minimum Gasteiger partial charge on any atom is -0.309 e. The summed E-state index contributed by atoms with van der Waals surface area (Å²) in [7, 11) is 0. The van der Waals surface area contributed by atoms with E-state index in [1.54, 1.807) is 0 Å². The van der Waals surface area contributed by atoms with Crippen molar-refractivity contribution in [2.45, 2.75) is 109 Å². The van der Waals surface area contributed by atoms with Crippen molar-refractivity contribution >= 4 is 108 Å². The van der Waals surface area contributed by atoms with Crippen molar-refractivity contribution in [2.75, 3.05) is 9.80 Å². The third-order valence-corrected chi connectivity index (χ3v) is 19.6. The number of hydrogen-bond acceptors (Lipinski definition) is 1. The Morgan fingerprint density at radius 2 is 0.895 bits per heavy atom. The van der Waals surface area contributed by atoms with Crippen LogP contribution in [0.4, 0.5) is 27.5 Å². The molecule has 10 aromatic rings. The molecule has 0 fully saturated rings. The molecule has 4 heterocycles. The number of nitrogens with zero attached hydrogens (tertiary/aromatic N) is 3. The second kappa shape index (κ2) is 14.3. The number of hydrogen-bond donors (Lipinski definition) is 0. The first-order valence-electron chi connectivity index (χ1n) is 27.8. The third-order valence-electron chi connectivity index (χ3n) is 19.6. The summed E-state index contributed by atoms with van der Waals surface area (Å²) in [4.78, 5) is 22.5. The van der Waals surface area contributed by atoms with Gasteiger partial charge in [-0.1, -0.05) is 220 Å². The highest BCUT2D eigenvalue weighted by atomic mass is 16.2. The fourth-order valence-corrected chi connectivity index (χ4v) is 17.8. The number of aromatic nitrogens is 1. The van der Waals surface area contributed by atoms with Gasteiger partial charge in [-0.2, -0.15) is 0 Å². The first kappa shape index (κ1) is 44.7. The van der Waals surface area contributed by atoms with Crippen LogP contribution in [0.3, 0.4) is 0 Å². The summed E-state index contributed by atoms with van der Waals surface area (Å²) in [6.45, 7) is 24.6. The molecule has 2 amide bonds. The summed E-state index contributed by atoms with van der Waals surface area (Å²) in [5.41, 5.74) is 24.9. The molecule has 3 aliphatic carbocycles. The molecule has 6 heteroatoms. The van der Waals surface area contributed by atoms with E-state index in [0.29, 0.717) is 0 Å². The second-order valence-electron chi connectivity index (χ2n) is 26.5. The van der Waals surface area contributed by atoms with Crippen LogP contribution in [0.2, 0.25) is 0 Å². The highest BCUT2D eigenvalue weighted by molar-refractivity contribution is 7.00. The Hall–Kier alpha value is -7.56. The van der Waals surface area contributed by atoms with Crippen molar-refractivity contribution in [3.63, 3.8) is 0 Å². The lowest BCUT2D eigenvalue weighted by atomic mass is 9.32. The van der Waals surface area contributed by atoms with Crippen molar-refractivity contribution in [2.24, 2.45) is 0 Å². The van der Waals surface area contributed by atoms with Crippen molar-refractivity contribution < 1.29 is 4.79 Å². The largest absolute Gasteiger partial charge is 0.338 e. The fourth-order valence-electron chi connectivity index (χ4n) is 17.8. The Balaban J connectivity index is 1.20. The Morgan fingerprint density at radius 1 is 0.408 bits per heavy atom. The molecule has 0 atom stereocenters. The predicted octanol–water partition coefficient (Wildman–Crippen LogP) is 13.2. The molecule has 1 aromatic heterocycles. The van der Waals surface area contributed by atoms with E-state index in [9.17, 15) is 0 Å². The smallest absolute Gasteiger partial charge is 0.309 e. The van der Waals surface area contributed by atoms with E-state index in [0.717, 1.165) is 63.1 Å². The molecule has 0 spiro atoms. The lowest BCUT2D eigenvalue weighted by Gasteiger charge is -2.50. The van der Waals surface area contributed by atoms with Gasteiger partial charge >= 0.3 is 6.03 Å². The van der Waals surface area contributed by atoms with Gasteiger partial charge in [-0.05, 0) is 125 Å². The summed E-state index contributed by atoms with van der Waals surface area (Å²) in [6.07, 6.45) is 2.00. The first-order valence-corrected chi connectivity index (χ1v) is 27.8. The maximum atomic E-state index is 17.9. The highest BCUT2D eigenvalue weighted by Gasteiger charge is 2.59. The number of anilines is 4. The van der Waals surface area contributed by atoms with Crippen LogP contribution in [0.1, 0.15) is 115 Å². The van der Waals surface area contributed by atoms with Gasteiger partial charge in [0.15, 0.2) is 0 Å². The molecule has 76 heavy (non-hydrogen) atoms. The van der Waals surface area contributed by atoms with Crippen molar-refractivity contribution in [3.8, 4) is 16.8 Å². The summed E-state index contributed by atoms with van der Waals surface area (Å²) in [5.74, 6) is 0. The van der Waals surface area contributed by atoms with Gasteiger partial charge in [0.25, 0.3) is 0 Å². The van der Waals surface area contributed by atoms with Crippen LogP contribution in [0.5, 0.6) is 0 Å². The average Bonchev–Trinajstić information content (AvgIpc) is 3.81. The van der Waals surface area contributed by atoms with Crippen LogP contribution in [-0.4, -0.2) is 24.0 Å².